The Hall–Kier alpha value is -2.13. The zero-order chi connectivity index (χ0) is 13.4. The Kier molecular flexibility index (Phi) is 2.84. The molecular weight excluding hydrogens is 236 g/mol. The fourth-order valence-corrected chi connectivity index (χ4v) is 2.31. The molecule has 0 spiro atoms. The predicted octanol–water partition coefficient (Wildman–Crippen LogP) is 2.96. The van der Waals surface area contributed by atoms with Crippen molar-refractivity contribution in [2.45, 2.75) is 13.0 Å². The molecule has 0 saturated heterocycles. The summed E-state index contributed by atoms with van der Waals surface area (Å²) in [5.41, 5.74) is 3.99. The number of para-hydroxylation sites is 2. The Morgan fingerprint density at radius 2 is 1.74 bits per heavy atom. The highest BCUT2D eigenvalue weighted by Crippen LogP contribution is 2.24. The van der Waals surface area contributed by atoms with Gasteiger partial charge in [-0.15, -0.1) is 0 Å². The van der Waals surface area contributed by atoms with Gasteiger partial charge in [-0.3, -0.25) is 0 Å². The average Bonchev–Trinajstić information content (AvgIpc) is 2.77. The van der Waals surface area contributed by atoms with Crippen molar-refractivity contribution >= 4 is 11.0 Å². The molecule has 0 fully saturated rings. The number of aliphatic hydroxyl groups excluding tert-OH is 1. The SMILES string of the molecule is Cc1ccc([C@H](O)c2nc3ccccc3n2C)cc1. The lowest BCUT2D eigenvalue weighted by Gasteiger charge is -2.11. The van der Waals surface area contributed by atoms with E-state index in [2.05, 4.69) is 4.98 Å². The maximum atomic E-state index is 10.5. The molecule has 96 valence electrons. The Morgan fingerprint density at radius 3 is 2.42 bits per heavy atom. The lowest BCUT2D eigenvalue weighted by Crippen LogP contribution is -2.07. The summed E-state index contributed by atoms with van der Waals surface area (Å²) in [5, 5.41) is 10.5. The van der Waals surface area contributed by atoms with Gasteiger partial charge in [0, 0.05) is 7.05 Å². The van der Waals surface area contributed by atoms with E-state index in [9.17, 15) is 5.11 Å². The van der Waals surface area contributed by atoms with Crippen LogP contribution in [0.4, 0.5) is 0 Å². The summed E-state index contributed by atoms with van der Waals surface area (Å²) in [6.07, 6.45) is -0.696. The summed E-state index contributed by atoms with van der Waals surface area (Å²) in [6.45, 7) is 2.03. The summed E-state index contributed by atoms with van der Waals surface area (Å²) in [7, 11) is 1.93. The van der Waals surface area contributed by atoms with E-state index in [1.807, 2.05) is 67.1 Å². The average molecular weight is 252 g/mol. The molecule has 0 saturated carbocycles. The summed E-state index contributed by atoms with van der Waals surface area (Å²) < 4.78 is 1.94. The lowest BCUT2D eigenvalue weighted by molar-refractivity contribution is 0.207. The number of aryl methyl sites for hydroxylation is 2. The highest BCUT2D eigenvalue weighted by atomic mass is 16.3. The Bertz CT molecular complexity index is 713. The van der Waals surface area contributed by atoms with Crippen LogP contribution in [0.5, 0.6) is 0 Å². The number of rotatable bonds is 2. The summed E-state index contributed by atoms with van der Waals surface area (Å²) >= 11 is 0. The van der Waals surface area contributed by atoms with E-state index in [0.29, 0.717) is 5.82 Å². The fraction of sp³-hybridized carbons (Fsp3) is 0.188. The van der Waals surface area contributed by atoms with E-state index < -0.39 is 6.10 Å². The molecule has 3 heteroatoms. The van der Waals surface area contributed by atoms with E-state index in [4.69, 9.17) is 0 Å². The molecule has 1 atom stereocenters. The van der Waals surface area contributed by atoms with Gasteiger partial charge in [0.25, 0.3) is 0 Å². The molecule has 0 radical (unpaired) electrons. The van der Waals surface area contributed by atoms with Crippen molar-refractivity contribution in [2.75, 3.05) is 0 Å². The molecule has 0 unspecified atom stereocenters. The Balaban J connectivity index is 2.08. The second-order valence-corrected chi connectivity index (χ2v) is 4.83. The van der Waals surface area contributed by atoms with Crippen molar-refractivity contribution in [1.29, 1.82) is 0 Å². The van der Waals surface area contributed by atoms with Crippen molar-refractivity contribution in [3.05, 3.63) is 65.5 Å². The topological polar surface area (TPSA) is 38.1 Å². The van der Waals surface area contributed by atoms with Crippen LogP contribution in [0.15, 0.2) is 48.5 Å². The zero-order valence-corrected chi connectivity index (χ0v) is 11.0. The van der Waals surface area contributed by atoms with Crippen LogP contribution in [0.3, 0.4) is 0 Å². The summed E-state index contributed by atoms with van der Waals surface area (Å²) in [4.78, 5) is 4.52. The van der Waals surface area contributed by atoms with Gasteiger partial charge >= 0.3 is 0 Å². The third kappa shape index (κ3) is 2.02. The number of imidazole rings is 1. The first kappa shape index (κ1) is 11.9. The molecule has 3 aromatic rings. The van der Waals surface area contributed by atoms with Gasteiger partial charge in [0.1, 0.15) is 11.9 Å². The minimum Gasteiger partial charge on any atom is -0.380 e. The third-order valence-electron chi connectivity index (χ3n) is 3.46. The van der Waals surface area contributed by atoms with Crippen molar-refractivity contribution in [2.24, 2.45) is 7.05 Å². The van der Waals surface area contributed by atoms with E-state index in [0.717, 1.165) is 16.6 Å². The number of nitrogens with zero attached hydrogens (tertiary/aromatic N) is 2. The fourth-order valence-electron chi connectivity index (χ4n) is 2.31. The Labute approximate surface area is 112 Å². The van der Waals surface area contributed by atoms with E-state index in [1.165, 1.54) is 5.56 Å². The van der Waals surface area contributed by atoms with Crippen molar-refractivity contribution < 1.29 is 5.11 Å². The van der Waals surface area contributed by atoms with Gasteiger partial charge in [-0.25, -0.2) is 4.98 Å². The third-order valence-corrected chi connectivity index (χ3v) is 3.46. The molecule has 3 nitrogen and oxygen atoms in total. The van der Waals surface area contributed by atoms with Crippen LogP contribution in [0.25, 0.3) is 11.0 Å². The maximum Gasteiger partial charge on any atom is 0.143 e. The molecule has 0 aliphatic rings. The molecule has 3 rings (SSSR count). The molecular formula is C16H16N2O. The van der Waals surface area contributed by atoms with E-state index >= 15 is 0 Å². The van der Waals surface area contributed by atoms with Crippen LogP contribution in [-0.4, -0.2) is 14.7 Å². The summed E-state index contributed by atoms with van der Waals surface area (Å²) in [6, 6.07) is 15.8. The van der Waals surface area contributed by atoms with E-state index in [1.54, 1.807) is 0 Å². The standard InChI is InChI=1S/C16H16N2O/c1-11-7-9-12(10-8-11)15(19)16-17-13-5-3-4-6-14(13)18(16)2/h3-10,15,19H,1-2H3/t15-/m0/s1. The quantitative estimate of drug-likeness (QED) is 0.761. The van der Waals surface area contributed by atoms with Gasteiger partial charge in [-0.1, -0.05) is 42.0 Å². The van der Waals surface area contributed by atoms with Gasteiger partial charge in [0.05, 0.1) is 11.0 Å². The predicted molar refractivity (Wildman–Crippen MR) is 76.0 cm³/mol. The van der Waals surface area contributed by atoms with Crippen LogP contribution in [0.2, 0.25) is 0 Å². The van der Waals surface area contributed by atoms with Crippen molar-refractivity contribution in [3.8, 4) is 0 Å². The van der Waals surface area contributed by atoms with Crippen LogP contribution >= 0.6 is 0 Å². The second kappa shape index (κ2) is 4.52. The molecule has 1 heterocycles. The number of hydrogen-bond donors (Lipinski definition) is 1. The largest absolute Gasteiger partial charge is 0.380 e. The number of hydrogen-bond acceptors (Lipinski definition) is 2. The first-order chi connectivity index (χ1) is 9.16. The summed E-state index contributed by atoms with van der Waals surface area (Å²) in [5.74, 6) is 0.671. The van der Waals surface area contributed by atoms with Crippen LogP contribution in [-0.2, 0) is 7.05 Å². The molecule has 1 N–H and O–H groups in total. The first-order valence-electron chi connectivity index (χ1n) is 6.33. The smallest absolute Gasteiger partial charge is 0.143 e. The molecule has 19 heavy (non-hydrogen) atoms. The van der Waals surface area contributed by atoms with Crippen LogP contribution in [0.1, 0.15) is 23.1 Å². The van der Waals surface area contributed by atoms with Gasteiger partial charge in [0.2, 0.25) is 0 Å². The molecule has 0 amide bonds. The number of benzene rings is 2. The minimum atomic E-state index is -0.696. The monoisotopic (exact) mass is 252 g/mol. The normalized spacial score (nSPS) is 12.8. The second-order valence-electron chi connectivity index (χ2n) is 4.83. The van der Waals surface area contributed by atoms with Gasteiger partial charge in [-0.05, 0) is 24.6 Å². The van der Waals surface area contributed by atoms with Crippen molar-refractivity contribution in [1.82, 2.24) is 9.55 Å². The van der Waals surface area contributed by atoms with Gasteiger partial charge in [0.15, 0.2) is 0 Å². The molecule has 1 aromatic heterocycles. The van der Waals surface area contributed by atoms with Crippen molar-refractivity contribution in [3.63, 3.8) is 0 Å². The van der Waals surface area contributed by atoms with E-state index in [-0.39, 0.29) is 0 Å². The van der Waals surface area contributed by atoms with Crippen LogP contribution < -0.4 is 0 Å². The van der Waals surface area contributed by atoms with Gasteiger partial charge < -0.3 is 9.67 Å². The Morgan fingerprint density at radius 1 is 1.05 bits per heavy atom. The lowest BCUT2D eigenvalue weighted by atomic mass is 10.1. The molecule has 0 aliphatic heterocycles. The minimum absolute atomic E-state index is 0.671. The number of fused-ring (bicyclic) bond motifs is 1. The molecule has 0 bridgehead atoms. The number of aromatic nitrogens is 2. The zero-order valence-electron chi connectivity index (χ0n) is 11.0. The van der Waals surface area contributed by atoms with Crippen LogP contribution in [0, 0.1) is 6.92 Å². The first-order valence-corrected chi connectivity index (χ1v) is 6.33. The number of aliphatic hydroxyl groups is 1. The maximum absolute atomic E-state index is 10.5. The highest BCUT2D eigenvalue weighted by Gasteiger charge is 2.17. The highest BCUT2D eigenvalue weighted by molar-refractivity contribution is 5.75. The van der Waals surface area contributed by atoms with Gasteiger partial charge in [-0.2, -0.15) is 0 Å². The molecule has 2 aromatic carbocycles. The molecule has 0 aliphatic carbocycles.